The second-order valence-electron chi connectivity index (χ2n) is 4.00. The van der Waals surface area contributed by atoms with Gasteiger partial charge in [-0.1, -0.05) is 19.9 Å². The minimum Gasteiger partial charge on any atom is -0.411 e. The van der Waals surface area contributed by atoms with Crippen LogP contribution in [0.4, 0.5) is 0 Å². The molecule has 0 saturated carbocycles. The molecule has 2 N–H and O–H groups in total. The average molecular weight is 281 g/mol. The van der Waals surface area contributed by atoms with Gasteiger partial charge in [0.25, 0.3) is 0 Å². The van der Waals surface area contributed by atoms with Crippen LogP contribution in [-0.2, 0) is 19.6 Å². The molecule has 0 aliphatic carbocycles. The topological polar surface area (TPSA) is 104 Å². The lowest BCUT2D eigenvalue weighted by molar-refractivity contribution is -0.191. The molecule has 8 heteroatoms. The number of ether oxygens (including phenoxy) is 1. The molecule has 0 spiro atoms. The highest BCUT2D eigenvalue weighted by atomic mass is 32.2. The normalized spacial score (nSPS) is 17.0. The van der Waals surface area contributed by atoms with Crippen molar-refractivity contribution in [3.05, 3.63) is 12.7 Å². The summed E-state index contributed by atoms with van der Waals surface area (Å²) in [6, 6.07) is -1.10. The van der Waals surface area contributed by atoms with Crippen molar-refractivity contribution in [2.75, 3.05) is 14.1 Å². The highest BCUT2D eigenvalue weighted by molar-refractivity contribution is 7.86. The van der Waals surface area contributed by atoms with Gasteiger partial charge < -0.3 is 9.84 Å². The molecule has 0 aliphatic heterocycles. The van der Waals surface area contributed by atoms with Gasteiger partial charge in [0, 0.05) is 6.08 Å². The van der Waals surface area contributed by atoms with Gasteiger partial charge in [-0.2, -0.15) is 8.42 Å². The van der Waals surface area contributed by atoms with E-state index in [9.17, 15) is 18.3 Å². The first kappa shape index (κ1) is 17.0. The van der Waals surface area contributed by atoms with Crippen LogP contribution in [0.1, 0.15) is 19.8 Å². The van der Waals surface area contributed by atoms with Crippen LogP contribution >= 0.6 is 0 Å². The Morgan fingerprint density at radius 3 is 2.33 bits per heavy atom. The summed E-state index contributed by atoms with van der Waals surface area (Å²) in [6.07, 6.45) is 1.43. The smallest absolute Gasteiger partial charge is 0.356 e. The van der Waals surface area contributed by atoms with Crippen LogP contribution in [0.3, 0.4) is 0 Å². The first-order chi connectivity index (χ1) is 8.10. The van der Waals surface area contributed by atoms with E-state index >= 15 is 0 Å². The standard InChI is InChI=1S/C10H19NO6S/c1-5-7-8(11(3)4)10(13,18(14,15)16)17-9(12)6-2/h6,8,13H,2,5,7H2,1,3-4H3,(H,14,15,16). The van der Waals surface area contributed by atoms with Crippen molar-refractivity contribution >= 4 is 16.1 Å². The molecule has 2 unspecified atom stereocenters. The van der Waals surface area contributed by atoms with E-state index in [0.717, 1.165) is 0 Å². The molecule has 0 fully saturated rings. The number of carbonyl (C=O) groups excluding carboxylic acids is 1. The van der Waals surface area contributed by atoms with Crippen molar-refractivity contribution < 1.29 is 27.6 Å². The fraction of sp³-hybridized carbons (Fsp3) is 0.700. The van der Waals surface area contributed by atoms with Crippen LogP contribution in [0.2, 0.25) is 0 Å². The minimum absolute atomic E-state index is 0.202. The lowest BCUT2D eigenvalue weighted by atomic mass is 10.1. The molecule has 0 aromatic heterocycles. The highest BCUT2D eigenvalue weighted by Gasteiger charge is 2.52. The molecule has 7 nitrogen and oxygen atoms in total. The molecule has 18 heavy (non-hydrogen) atoms. The first-order valence-corrected chi connectivity index (χ1v) is 6.75. The molecule has 0 rings (SSSR count). The van der Waals surface area contributed by atoms with Crippen LogP contribution in [0.5, 0.6) is 0 Å². The van der Waals surface area contributed by atoms with Crippen molar-refractivity contribution in [3.63, 3.8) is 0 Å². The zero-order valence-corrected chi connectivity index (χ0v) is 11.5. The molecule has 0 amide bonds. The van der Waals surface area contributed by atoms with E-state index < -0.39 is 27.2 Å². The molecule has 0 bridgehead atoms. The van der Waals surface area contributed by atoms with Gasteiger partial charge >= 0.3 is 21.2 Å². The lowest BCUT2D eigenvalue weighted by Gasteiger charge is -2.35. The fourth-order valence-corrected chi connectivity index (χ4v) is 2.38. The molecule has 106 valence electrons. The largest absolute Gasteiger partial charge is 0.411 e. The summed E-state index contributed by atoms with van der Waals surface area (Å²) in [5, 5.41) is 7.02. The molecule has 0 heterocycles. The van der Waals surface area contributed by atoms with E-state index in [1.807, 2.05) is 0 Å². The predicted molar refractivity (Wildman–Crippen MR) is 65.2 cm³/mol. The molecular weight excluding hydrogens is 262 g/mol. The number of aliphatic hydroxyl groups is 1. The number of hydrogen-bond acceptors (Lipinski definition) is 6. The Labute approximate surface area is 107 Å². The van der Waals surface area contributed by atoms with Gasteiger partial charge in [-0.3, -0.25) is 9.45 Å². The maximum Gasteiger partial charge on any atom is 0.356 e. The molecular formula is C10H19NO6S. The number of carbonyl (C=O) groups is 1. The molecule has 0 saturated heterocycles. The van der Waals surface area contributed by atoms with Crippen molar-refractivity contribution in [1.29, 1.82) is 0 Å². The van der Waals surface area contributed by atoms with Crippen LogP contribution < -0.4 is 0 Å². The molecule has 0 aliphatic rings. The van der Waals surface area contributed by atoms with Gasteiger partial charge in [0.15, 0.2) is 0 Å². The van der Waals surface area contributed by atoms with Crippen molar-refractivity contribution in [2.24, 2.45) is 0 Å². The van der Waals surface area contributed by atoms with Crippen LogP contribution in [-0.4, -0.2) is 54.2 Å². The van der Waals surface area contributed by atoms with Crippen molar-refractivity contribution in [2.45, 2.75) is 30.9 Å². The van der Waals surface area contributed by atoms with E-state index in [4.69, 9.17) is 4.55 Å². The zero-order valence-electron chi connectivity index (χ0n) is 10.7. The Hall–Kier alpha value is -0.960. The third kappa shape index (κ3) is 3.77. The van der Waals surface area contributed by atoms with Gasteiger partial charge in [-0.05, 0) is 20.5 Å². The van der Waals surface area contributed by atoms with E-state index in [-0.39, 0.29) is 6.42 Å². The number of hydrogen-bond donors (Lipinski definition) is 2. The Balaban J connectivity index is 5.57. The Morgan fingerprint density at radius 1 is 1.56 bits per heavy atom. The Kier molecular flexibility index (Phi) is 5.94. The van der Waals surface area contributed by atoms with Crippen LogP contribution in [0, 0.1) is 0 Å². The van der Waals surface area contributed by atoms with Gasteiger partial charge in [-0.15, -0.1) is 0 Å². The Morgan fingerprint density at radius 2 is 2.06 bits per heavy atom. The Bertz CT molecular complexity index is 405. The molecule has 0 aromatic rings. The second-order valence-corrected chi connectivity index (χ2v) is 5.53. The number of likely N-dealkylation sites (N-methyl/N-ethyl adjacent to an activating group) is 1. The van der Waals surface area contributed by atoms with Crippen molar-refractivity contribution in [1.82, 2.24) is 4.90 Å². The SMILES string of the molecule is C=CC(=O)OC(O)(C(CCC)N(C)C)S(=O)(=O)O. The monoisotopic (exact) mass is 281 g/mol. The number of esters is 1. The summed E-state index contributed by atoms with van der Waals surface area (Å²) >= 11 is 0. The van der Waals surface area contributed by atoms with E-state index in [1.54, 1.807) is 6.92 Å². The third-order valence-electron chi connectivity index (χ3n) is 2.39. The lowest BCUT2D eigenvalue weighted by Crippen LogP contribution is -2.57. The average Bonchev–Trinajstić information content (AvgIpc) is 2.23. The zero-order chi connectivity index (χ0) is 14.6. The van der Waals surface area contributed by atoms with Gasteiger partial charge in [0.05, 0.1) is 6.04 Å². The number of rotatable bonds is 7. The summed E-state index contributed by atoms with van der Waals surface area (Å²) in [6.45, 7) is 4.86. The highest BCUT2D eigenvalue weighted by Crippen LogP contribution is 2.26. The minimum atomic E-state index is -5.01. The molecule has 0 aromatic carbocycles. The van der Waals surface area contributed by atoms with E-state index in [2.05, 4.69) is 11.3 Å². The maximum atomic E-state index is 11.3. The van der Waals surface area contributed by atoms with E-state index in [1.165, 1.54) is 19.0 Å². The summed E-state index contributed by atoms with van der Waals surface area (Å²) in [7, 11) is -2.02. The number of nitrogens with zero attached hydrogens (tertiary/aromatic N) is 1. The van der Waals surface area contributed by atoms with Gasteiger partial charge in [0.1, 0.15) is 0 Å². The van der Waals surface area contributed by atoms with Crippen molar-refractivity contribution in [3.8, 4) is 0 Å². The van der Waals surface area contributed by atoms with E-state index in [0.29, 0.717) is 12.5 Å². The summed E-state index contributed by atoms with van der Waals surface area (Å²) in [5.41, 5.74) is 0. The fourth-order valence-electron chi connectivity index (χ4n) is 1.52. The second kappa shape index (κ2) is 6.28. The third-order valence-corrected chi connectivity index (χ3v) is 3.48. The van der Waals surface area contributed by atoms with Gasteiger partial charge in [0.2, 0.25) is 0 Å². The molecule has 2 atom stereocenters. The molecule has 0 radical (unpaired) electrons. The summed E-state index contributed by atoms with van der Waals surface area (Å²) < 4.78 is 36.1. The maximum absolute atomic E-state index is 11.3. The predicted octanol–water partition coefficient (Wildman–Crippen LogP) is -0.0202. The quantitative estimate of drug-likeness (QED) is 0.292. The van der Waals surface area contributed by atoms with Gasteiger partial charge in [-0.25, -0.2) is 4.79 Å². The first-order valence-electron chi connectivity index (χ1n) is 5.31. The van der Waals surface area contributed by atoms with Crippen LogP contribution in [0.25, 0.3) is 0 Å². The summed E-state index contributed by atoms with van der Waals surface area (Å²) in [5.74, 6) is -1.14. The van der Waals surface area contributed by atoms with Crippen LogP contribution in [0.15, 0.2) is 12.7 Å². The summed E-state index contributed by atoms with van der Waals surface area (Å²) in [4.78, 5) is 12.5.